The summed E-state index contributed by atoms with van der Waals surface area (Å²) in [4.78, 5) is 26.9. The molecular weight excluding hydrogens is 677 g/mol. The zero-order chi connectivity index (χ0) is 36.5. The summed E-state index contributed by atoms with van der Waals surface area (Å²) < 4.78 is 13.4. The van der Waals surface area contributed by atoms with Crippen molar-refractivity contribution in [2.45, 2.75) is 82.1 Å². The standard InChI is InChI=1S/C44H52N6O4/c51-29-30-6-8-35(9-7-30)40-23-38(28-49-16-18-50(19-17-49)42-45-14-3-15-46-42)53-41(54-40)36-12-10-34(11-13-36)39-5-2-1-4-37(39)27-47-43(52)48-44-24-31-20-32(25-44)22-33(21-31)26-44/h1-15,31-33,38,40-41,51H,16-29H2,(H2,47,48,52)/t31?,32?,33?,38-,40+,41+,44?/m0/s1. The molecule has 1 aromatic heterocycles. The summed E-state index contributed by atoms with van der Waals surface area (Å²) in [6, 6.07) is 26.7. The van der Waals surface area contributed by atoms with E-state index >= 15 is 0 Å². The van der Waals surface area contributed by atoms with Crippen molar-refractivity contribution in [3.8, 4) is 11.1 Å². The van der Waals surface area contributed by atoms with Gasteiger partial charge in [-0.3, -0.25) is 4.90 Å². The first-order valence-electron chi connectivity index (χ1n) is 20.0. The molecule has 3 heterocycles. The van der Waals surface area contributed by atoms with Crippen molar-refractivity contribution in [2.75, 3.05) is 37.6 Å². The van der Waals surface area contributed by atoms with E-state index in [1.54, 1.807) is 12.4 Å². The number of benzene rings is 3. The molecule has 282 valence electrons. The maximum Gasteiger partial charge on any atom is 0.315 e. The minimum absolute atomic E-state index is 0.00881. The van der Waals surface area contributed by atoms with Crippen molar-refractivity contribution in [2.24, 2.45) is 17.8 Å². The van der Waals surface area contributed by atoms with Crippen LogP contribution in [0, 0.1) is 17.8 Å². The largest absolute Gasteiger partial charge is 0.392 e. The van der Waals surface area contributed by atoms with Crippen molar-refractivity contribution in [1.82, 2.24) is 25.5 Å². The van der Waals surface area contributed by atoms with Gasteiger partial charge in [-0.25, -0.2) is 14.8 Å². The summed E-state index contributed by atoms with van der Waals surface area (Å²) in [5, 5.41) is 16.3. The third-order valence-electron chi connectivity index (χ3n) is 12.7. The van der Waals surface area contributed by atoms with Gasteiger partial charge in [-0.15, -0.1) is 0 Å². The second-order valence-corrected chi connectivity index (χ2v) is 16.5. The molecule has 54 heavy (non-hydrogen) atoms. The summed E-state index contributed by atoms with van der Waals surface area (Å²) in [5.74, 6) is 3.15. The van der Waals surface area contributed by atoms with Gasteiger partial charge in [0.15, 0.2) is 6.29 Å². The van der Waals surface area contributed by atoms with Gasteiger partial charge >= 0.3 is 6.03 Å². The molecule has 10 rings (SSSR count). The Bertz CT molecular complexity index is 1850. The van der Waals surface area contributed by atoms with Gasteiger partial charge in [0.25, 0.3) is 0 Å². The SMILES string of the molecule is O=C(NCc1ccccc1-c1ccc([C@@H]2O[C@H](CN3CCN(c4ncccn4)CC3)C[C@H](c3ccc(CO)cc3)O2)cc1)NC12CC3CC(CC(C3)C1)C2. The summed E-state index contributed by atoms with van der Waals surface area (Å²) in [6.45, 7) is 4.85. The molecule has 4 bridgehead atoms. The van der Waals surface area contributed by atoms with E-state index in [4.69, 9.17) is 9.47 Å². The maximum absolute atomic E-state index is 13.3. The number of carbonyl (C=O) groups excluding carboxylic acids is 1. The van der Waals surface area contributed by atoms with Crippen LogP contribution in [0.3, 0.4) is 0 Å². The third kappa shape index (κ3) is 7.75. The highest BCUT2D eigenvalue weighted by atomic mass is 16.7. The lowest BCUT2D eigenvalue weighted by molar-refractivity contribution is -0.253. The van der Waals surface area contributed by atoms with Gasteiger partial charge < -0.3 is 30.1 Å². The number of hydrogen-bond donors (Lipinski definition) is 3. The highest BCUT2D eigenvalue weighted by Gasteiger charge is 2.51. The summed E-state index contributed by atoms with van der Waals surface area (Å²) in [7, 11) is 0. The molecule has 2 aliphatic heterocycles. The van der Waals surface area contributed by atoms with Crippen LogP contribution < -0.4 is 15.5 Å². The molecule has 4 aliphatic carbocycles. The van der Waals surface area contributed by atoms with Crippen LogP contribution >= 0.6 is 0 Å². The van der Waals surface area contributed by atoms with Crippen molar-refractivity contribution in [3.05, 3.63) is 114 Å². The lowest BCUT2D eigenvalue weighted by atomic mass is 9.53. The number of piperazine rings is 1. The smallest absolute Gasteiger partial charge is 0.315 e. The van der Waals surface area contributed by atoms with E-state index in [2.05, 4.69) is 85.0 Å². The van der Waals surface area contributed by atoms with Crippen molar-refractivity contribution < 1.29 is 19.4 Å². The lowest BCUT2D eigenvalue weighted by Gasteiger charge is -2.56. The molecule has 0 spiro atoms. The van der Waals surface area contributed by atoms with Crippen molar-refractivity contribution in [1.29, 1.82) is 0 Å². The molecule has 10 nitrogen and oxygen atoms in total. The fourth-order valence-electron chi connectivity index (χ4n) is 10.4. The van der Waals surface area contributed by atoms with Crippen LogP contribution in [0.15, 0.2) is 91.3 Å². The molecule has 6 fully saturated rings. The summed E-state index contributed by atoms with van der Waals surface area (Å²) >= 11 is 0. The summed E-state index contributed by atoms with van der Waals surface area (Å²) in [6.07, 6.45) is 11.1. The van der Waals surface area contributed by atoms with E-state index in [1.807, 2.05) is 24.3 Å². The molecule has 6 aliphatic rings. The number of aliphatic hydroxyl groups is 1. The average Bonchev–Trinajstić information content (AvgIpc) is 3.20. The number of aliphatic hydroxyl groups excluding tert-OH is 1. The zero-order valence-electron chi connectivity index (χ0n) is 31.0. The number of ether oxygens (including phenoxy) is 2. The Kier molecular flexibility index (Phi) is 10.1. The molecule has 3 aromatic carbocycles. The molecule has 0 unspecified atom stereocenters. The van der Waals surface area contributed by atoms with Crippen LogP contribution in [-0.4, -0.2) is 70.4 Å². The van der Waals surface area contributed by atoms with Gasteiger partial charge in [0, 0.05) is 69.2 Å². The van der Waals surface area contributed by atoms with Crippen LogP contribution in [0.5, 0.6) is 0 Å². The number of urea groups is 1. The van der Waals surface area contributed by atoms with E-state index in [1.165, 1.54) is 19.3 Å². The fourth-order valence-corrected chi connectivity index (χ4v) is 10.4. The highest BCUT2D eigenvalue weighted by Crippen LogP contribution is 2.55. The van der Waals surface area contributed by atoms with E-state index < -0.39 is 6.29 Å². The third-order valence-corrected chi connectivity index (χ3v) is 12.7. The highest BCUT2D eigenvalue weighted by molar-refractivity contribution is 5.76. The minimum Gasteiger partial charge on any atom is -0.392 e. The quantitative estimate of drug-likeness (QED) is 0.164. The van der Waals surface area contributed by atoms with E-state index in [9.17, 15) is 9.90 Å². The number of hydrogen-bond acceptors (Lipinski definition) is 8. The second kappa shape index (κ2) is 15.4. The van der Waals surface area contributed by atoms with E-state index in [0.717, 1.165) is 115 Å². The molecule has 2 saturated heterocycles. The second-order valence-electron chi connectivity index (χ2n) is 16.5. The maximum atomic E-state index is 13.3. The number of anilines is 1. The first-order chi connectivity index (χ1) is 26.5. The molecule has 0 radical (unpaired) electrons. The molecular formula is C44H52N6O4. The predicted molar refractivity (Wildman–Crippen MR) is 207 cm³/mol. The number of carbonyl (C=O) groups is 1. The van der Waals surface area contributed by atoms with Crippen LogP contribution in [0.2, 0.25) is 0 Å². The van der Waals surface area contributed by atoms with Gasteiger partial charge in [0.05, 0.1) is 18.8 Å². The number of rotatable bonds is 10. The van der Waals surface area contributed by atoms with Gasteiger partial charge in [-0.1, -0.05) is 72.8 Å². The first kappa shape index (κ1) is 35.4. The molecule has 3 atom stereocenters. The molecule has 2 amide bonds. The van der Waals surface area contributed by atoms with Crippen molar-refractivity contribution >= 4 is 12.0 Å². The van der Waals surface area contributed by atoms with Crippen LogP contribution in [0.1, 0.15) is 79.6 Å². The number of amides is 2. The topological polar surface area (TPSA) is 112 Å². The Morgan fingerprint density at radius 1 is 0.778 bits per heavy atom. The first-order valence-corrected chi connectivity index (χ1v) is 20.0. The van der Waals surface area contributed by atoms with Gasteiger partial charge in [-0.05, 0) is 90.2 Å². The predicted octanol–water partition coefficient (Wildman–Crippen LogP) is 6.77. The minimum atomic E-state index is -0.524. The molecule has 4 saturated carbocycles. The fraction of sp³-hybridized carbons (Fsp3) is 0.477. The van der Waals surface area contributed by atoms with Crippen LogP contribution in [0.4, 0.5) is 10.7 Å². The molecule has 3 N–H and O–H groups in total. The Labute approximate surface area is 318 Å². The average molecular weight is 729 g/mol. The Morgan fingerprint density at radius 2 is 1.44 bits per heavy atom. The lowest BCUT2D eigenvalue weighted by Crippen LogP contribution is -2.61. The van der Waals surface area contributed by atoms with Crippen LogP contribution in [0.25, 0.3) is 11.1 Å². The van der Waals surface area contributed by atoms with E-state index in [-0.39, 0.29) is 30.4 Å². The van der Waals surface area contributed by atoms with Gasteiger partial charge in [0.2, 0.25) is 5.95 Å². The zero-order valence-corrected chi connectivity index (χ0v) is 31.0. The molecule has 4 aromatic rings. The monoisotopic (exact) mass is 728 g/mol. The van der Waals surface area contributed by atoms with E-state index in [0.29, 0.717) is 6.54 Å². The Hall–Kier alpha value is -4.35. The summed E-state index contributed by atoms with van der Waals surface area (Å²) in [5.41, 5.74) is 6.20. The van der Waals surface area contributed by atoms with Gasteiger partial charge in [0.1, 0.15) is 0 Å². The molecule has 10 heteroatoms. The van der Waals surface area contributed by atoms with Gasteiger partial charge in [-0.2, -0.15) is 0 Å². The van der Waals surface area contributed by atoms with Crippen molar-refractivity contribution in [3.63, 3.8) is 0 Å². The number of aromatic nitrogens is 2. The number of nitrogens with zero attached hydrogens (tertiary/aromatic N) is 4. The number of nitrogens with one attached hydrogen (secondary N) is 2. The Morgan fingerprint density at radius 3 is 2.13 bits per heavy atom. The normalized spacial score (nSPS) is 29.2. The Balaban J connectivity index is 0.866. The van der Waals surface area contributed by atoms with Crippen LogP contribution in [-0.2, 0) is 22.6 Å².